The van der Waals surface area contributed by atoms with Gasteiger partial charge >= 0.3 is 5.97 Å². The zero-order valence-corrected chi connectivity index (χ0v) is 9.38. The summed E-state index contributed by atoms with van der Waals surface area (Å²) in [4.78, 5) is 10.8. The predicted octanol–water partition coefficient (Wildman–Crippen LogP) is 3.10. The highest BCUT2D eigenvalue weighted by atomic mass is 16.5. The molecule has 0 saturated heterocycles. The minimum atomic E-state index is -0.124. The van der Waals surface area contributed by atoms with Gasteiger partial charge in [-0.05, 0) is 25.7 Å². The molecule has 80 valence electrons. The SMILES string of the molecule is C=C(C)C=CC[C@H](C)CCC(=O)OC. The van der Waals surface area contributed by atoms with Gasteiger partial charge in [-0.1, -0.05) is 31.2 Å². The molecule has 0 N–H and O–H groups in total. The van der Waals surface area contributed by atoms with Crippen molar-refractivity contribution in [1.82, 2.24) is 0 Å². The number of rotatable bonds is 6. The van der Waals surface area contributed by atoms with Crippen LogP contribution in [-0.2, 0) is 9.53 Å². The van der Waals surface area contributed by atoms with Crippen LogP contribution >= 0.6 is 0 Å². The maximum Gasteiger partial charge on any atom is 0.305 e. The minimum Gasteiger partial charge on any atom is -0.469 e. The third-order valence-corrected chi connectivity index (χ3v) is 2.01. The second-order valence-corrected chi connectivity index (χ2v) is 3.70. The van der Waals surface area contributed by atoms with Crippen LogP contribution in [0.2, 0.25) is 0 Å². The molecule has 0 radical (unpaired) electrons. The molecule has 0 amide bonds. The Labute approximate surface area is 86.6 Å². The van der Waals surface area contributed by atoms with Gasteiger partial charge in [0.15, 0.2) is 0 Å². The van der Waals surface area contributed by atoms with E-state index in [1.807, 2.05) is 13.0 Å². The van der Waals surface area contributed by atoms with E-state index < -0.39 is 0 Å². The lowest BCUT2D eigenvalue weighted by atomic mass is 10.0. The lowest BCUT2D eigenvalue weighted by Crippen LogP contribution is -2.03. The van der Waals surface area contributed by atoms with Crippen LogP contribution in [0.1, 0.15) is 33.1 Å². The first-order valence-electron chi connectivity index (χ1n) is 4.95. The number of esters is 1. The number of methoxy groups -OCH3 is 1. The monoisotopic (exact) mass is 196 g/mol. The van der Waals surface area contributed by atoms with Crippen molar-refractivity contribution in [2.24, 2.45) is 5.92 Å². The summed E-state index contributed by atoms with van der Waals surface area (Å²) in [5.41, 5.74) is 1.06. The average molecular weight is 196 g/mol. The first-order chi connectivity index (χ1) is 6.56. The largest absolute Gasteiger partial charge is 0.469 e. The molecular formula is C12H20O2. The fraction of sp³-hybridized carbons (Fsp3) is 0.583. The molecule has 0 unspecified atom stereocenters. The maximum atomic E-state index is 10.8. The van der Waals surface area contributed by atoms with Crippen LogP contribution in [0.5, 0.6) is 0 Å². The number of carbonyl (C=O) groups excluding carboxylic acids is 1. The summed E-state index contributed by atoms with van der Waals surface area (Å²) in [6.45, 7) is 7.88. The number of hydrogen-bond acceptors (Lipinski definition) is 2. The fourth-order valence-electron chi connectivity index (χ4n) is 1.09. The van der Waals surface area contributed by atoms with Crippen molar-refractivity contribution >= 4 is 5.97 Å². The lowest BCUT2D eigenvalue weighted by Gasteiger charge is -2.06. The van der Waals surface area contributed by atoms with Gasteiger partial charge in [-0.25, -0.2) is 0 Å². The minimum absolute atomic E-state index is 0.124. The molecule has 0 aliphatic rings. The quantitative estimate of drug-likeness (QED) is 0.482. The number of hydrogen-bond donors (Lipinski definition) is 0. The van der Waals surface area contributed by atoms with Gasteiger partial charge in [0.2, 0.25) is 0 Å². The maximum absolute atomic E-state index is 10.8. The van der Waals surface area contributed by atoms with E-state index in [1.54, 1.807) is 0 Å². The normalized spacial score (nSPS) is 12.8. The van der Waals surface area contributed by atoms with E-state index >= 15 is 0 Å². The Morgan fingerprint density at radius 1 is 1.57 bits per heavy atom. The van der Waals surface area contributed by atoms with Crippen LogP contribution in [0.4, 0.5) is 0 Å². The van der Waals surface area contributed by atoms with Gasteiger partial charge in [-0.2, -0.15) is 0 Å². The summed E-state index contributed by atoms with van der Waals surface area (Å²) in [5, 5.41) is 0. The standard InChI is InChI=1S/C12H20O2/c1-10(2)6-5-7-11(3)8-9-12(13)14-4/h5-6,11H,1,7-9H2,2-4H3/t11-/m0/s1. The van der Waals surface area contributed by atoms with Crippen molar-refractivity contribution in [2.75, 3.05) is 7.11 Å². The molecule has 0 aromatic heterocycles. The highest BCUT2D eigenvalue weighted by Gasteiger charge is 2.04. The number of allylic oxidation sites excluding steroid dienone is 3. The molecule has 0 aromatic carbocycles. The van der Waals surface area contributed by atoms with E-state index in [1.165, 1.54) is 7.11 Å². The second kappa shape index (κ2) is 7.36. The van der Waals surface area contributed by atoms with E-state index in [0.29, 0.717) is 12.3 Å². The Morgan fingerprint density at radius 2 is 2.21 bits per heavy atom. The molecule has 0 aliphatic carbocycles. The summed E-state index contributed by atoms with van der Waals surface area (Å²) in [6.07, 6.45) is 6.49. The second-order valence-electron chi connectivity index (χ2n) is 3.70. The Hall–Kier alpha value is -1.05. The molecular weight excluding hydrogens is 176 g/mol. The third-order valence-electron chi connectivity index (χ3n) is 2.01. The Balaban J connectivity index is 3.60. The summed E-state index contributed by atoms with van der Waals surface area (Å²) >= 11 is 0. The molecule has 0 aliphatic heterocycles. The van der Waals surface area contributed by atoms with Crippen LogP contribution in [-0.4, -0.2) is 13.1 Å². The fourth-order valence-corrected chi connectivity index (χ4v) is 1.09. The van der Waals surface area contributed by atoms with Gasteiger partial charge in [0.1, 0.15) is 0 Å². The molecule has 0 aromatic rings. The molecule has 14 heavy (non-hydrogen) atoms. The smallest absolute Gasteiger partial charge is 0.305 e. The van der Waals surface area contributed by atoms with E-state index in [4.69, 9.17) is 0 Å². The lowest BCUT2D eigenvalue weighted by molar-refractivity contribution is -0.140. The van der Waals surface area contributed by atoms with E-state index in [9.17, 15) is 4.79 Å². The van der Waals surface area contributed by atoms with E-state index in [2.05, 4.69) is 24.3 Å². The molecule has 0 rings (SSSR count). The van der Waals surface area contributed by atoms with Gasteiger partial charge < -0.3 is 4.74 Å². The van der Waals surface area contributed by atoms with Crippen LogP contribution in [0, 0.1) is 5.92 Å². The highest BCUT2D eigenvalue weighted by molar-refractivity contribution is 5.69. The zero-order chi connectivity index (χ0) is 11.0. The molecule has 2 nitrogen and oxygen atoms in total. The van der Waals surface area contributed by atoms with Crippen LogP contribution < -0.4 is 0 Å². The van der Waals surface area contributed by atoms with Crippen molar-refractivity contribution in [3.05, 3.63) is 24.3 Å². The first-order valence-corrected chi connectivity index (χ1v) is 4.95. The third kappa shape index (κ3) is 7.59. The van der Waals surface area contributed by atoms with Gasteiger partial charge in [-0.15, -0.1) is 0 Å². The Morgan fingerprint density at radius 3 is 2.71 bits per heavy atom. The highest BCUT2D eigenvalue weighted by Crippen LogP contribution is 2.11. The number of ether oxygens (including phenoxy) is 1. The van der Waals surface area contributed by atoms with E-state index in [-0.39, 0.29) is 5.97 Å². The summed E-state index contributed by atoms with van der Waals surface area (Å²) in [7, 11) is 1.42. The van der Waals surface area contributed by atoms with Crippen molar-refractivity contribution in [3.63, 3.8) is 0 Å². The Bertz CT molecular complexity index is 216. The summed E-state index contributed by atoms with van der Waals surface area (Å²) in [5.74, 6) is 0.394. The van der Waals surface area contributed by atoms with Gasteiger partial charge in [0.25, 0.3) is 0 Å². The van der Waals surface area contributed by atoms with Crippen molar-refractivity contribution < 1.29 is 9.53 Å². The summed E-state index contributed by atoms with van der Waals surface area (Å²) < 4.78 is 4.57. The van der Waals surface area contributed by atoms with Gasteiger partial charge in [-0.3, -0.25) is 4.79 Å². The molecule has 0 saturated carbocycles. The van der Waals surface area contributed by atoms with Crippen molar-refractivity contribution in [2.45, 2.75) is 33.1 Å². The van der Waals surface area contributed by atoms with Gasteiger partial charge in [0.05, 0.1) is 7.11 Å². The number of carbonyl (C=O) groups is 1. The molecule has 0 spiro atoms. The van der Waals surface area contributed by atoms with Crippen molar-refractivity contribution in [1.29, 1.82) is 0 Å². The molecule has 0 bridgehead atoms. The zero-order valence-electron chi connectivity index (χ0n) is 9.38. The van der Waals surface area contributed by atoms with Crippen molar-refractivity contribution in [3.8, 4) is 0 Å². The molecule has 0 fully saturated rings. The first kappa shape index (κ1) is 12.9. The van der Waals surface area contributed by atoms with Gasteiger partial charge in [0, 0.05) is 6.42 Å². The summed E-state index contributed by atoms with van der Waals surface area (Å²) in [6, 6.07) is 0. The molecule has 0 heterocycles. The van der Waals surface area contributed by atoms with E-state index in [0.717, 1.165) is 18.4 Å². The van der Waals surface area contributed by atoms with Crippen LogP contribution in [0.25, 0.3) is 0 Å². The van der Waals surface area contributed by atoms with Crippen LogP contribution in [0.3, 0.4) is 0 Å². The van der Waals surface area contributed by atoms with Crippen LogP contribution in [0.15, 0.2) is 24.3 Å². The average Bonchev–Trinajstić information content (AvgIpc) is 2.13. The Kier molecular flexibility index (Phi) is 6.81. The molecule has 2 heteroatoms. The predicted molar refractivity (Wildman–Crippen MR) is 59.0 cm³/mol. The topological polar surface area (TPSA) is 26.3 Å². The molecule has 1 atom stereocenters.